The predicted octanol–water partition coefficient (Wildman–Crippen LogP) is 3.58. The predicted molar refractivity (Wildman–Crippen MR) is 169 cm³/mol. The zero-order chi connectivity index (χ0) is 31.9. The number of fused-ring (bicyclic) bond motifs is 2. The lowest BCUT2D eigenvalue weighted by Gasteiger charge is -2.61. The molecule has 4 aromatic rings. The minimum absolute atomic E-state index is 0.0131. The lowest BCUT2D eigenvalue weighted by atomic mass is 9.72. The van der Waals surface area contributed by atoms with Crippen LogP contribution < -0.4 is 9.80 Å². The number of carbonyl (C=O) groups is 1. The highest BCUT2D eigenvalue weighted by atomic mass is 32.1. The second kappa shape index (κ2) is 10.7. The Hall–Kier alpha value is -4.22. The number of aliphatic hydroxyl groups is 2. The van der Waals surface area contributed by atoms with E-state index < -0.39 is 11.9 Å². The van der Waals surface area contributed by atoms with Crippen molar-refractivity contribution < 1.29 is 23.8 Å². The SMILES string of the molecule is CN(c1nc(-c2ccc(F)cc2)c(C#N)s1)c1c2c(nc3c(F)cc(N4CC5(CN(C(=O)CN6CC(O)C6)C5)C4)cc13)C(O)CC2. The van der Waals surface area contributed by atoms with Crippen molar-refractivity contribution in [1.82, 2.24) is 19.8 Å². The van der Waals surface area contributed by atoms with Crippen LogP contribution >= 0.6 is 11.3 Å². The van der Waals surface area contributed by atoms with E-state index in [4.69, 9.17) is 4.98 Å². The largest absolute Gasteiger partial charge is 0.390 e. The number of hydrogen-bond acceptors (Lipinski definition) is 10. The Balaban J connectivity index is 1.10. The summed E-state index contributed by atoms with van der Waals surface area (Å²) in [5.41, 5.74) is 3.88. The Morgan fingerprint density at radius 2 is 1.87 bits per heavy atom. The number of carbonyl (C=O) groups excluding carboxylic acids is 1. The summed E-state index contributed by atoms with van der Waals surface area (Å²) in [5, 5.41) is 31.2. The molecule has 1 atom stereocenters. The van der Waals surface area contributed by atoms with E-state index in [1.165, 1.54) is 29.5 Å². The Morgan fingerprint density at radius 1 is 1.13 bits per heavy atom. The Bertz CT molecular complexity index is 1920. The fourth-order valence-corrected chi connectivity index (χ4v) is 8.19. The number of rotatable bonds is 6. The van der Waals surface area contributed by atoms with Crippen molar-refractivity contribution in [2.24, 2.45) is 5.41 Å². The molecule has 2 aromatic carbocycles. The molecule has 0 saturated carbocycles. The fourth-order valence-electron chi connectivity index (χ4n) is 7.33. The van der Waals surface area contributed by atoms with Crippen molar-refractivity contribution in [2.75, 3.05) is 62.7 Å². The molecule has 10 nitrogen and oxygen atoms in total. The number of aromatic nitrogens is 2. The third-order valence-electron chi connectivity index (χ3n) is 9.69. The van der Waals surface area contributed by atoms with Crippen LogP contribution in [0.25, 0.3) is 22.2 Å². The highest BCUT2D eigenvalue weighted by Gasteiger charge is 2.53. The molecule has 3 fully saturated rings. The molecule has 2 aromatic heterocycles. The van der Waals surface area contributed by atoms with E-state index in [0.717, 1.165) is 5.56 Å². The Labute approximate surface area is 267 Å². The molecule has 1 amide bonds. The van der Waals surface area contributed by atoms with E-state index in [0.29, 0.717) is 102 Å². The minimum Gasteiger partial charge on any atom is -0.390 e. The molecule has 13 heteroatoms. The maximum atomic E-state index is 15.9. The summed E-state index contributed by atoms with van der Waals surface area (Å²) >= 11 is 1.19. The van der Waals surface area contributed by atoms with Gasteiger partial charge in [-0.2, -0.15) is 5.26 Å². The first-order chi connectivity index (χ1) is 22.1. The molecule has 0 bridgehead atoms. The van der Waals surface area contributed by atoms with Crippen LogP contribution in [0.1, 0.15) is 28.7 Å². The van der Waals surface area contributed by atoms with E-state index in [9.17, 15) is 24.7 Å². The van der Waals surface area contributed by atoms with Gasteiger partial charge in [-0.15, -0.1) is 0 Å². The van der Waals surface area contributed by atoms with Crippen LogP contribution in [0, 0.1) is 28.4 Å². The number of benzene rings is 2. The zero-order valence-corrected chi connectivity index (χ0v) is 25.9. The van der Waals surface area contributed by atoms with Gasteiger partial charge in [0.05, 0.1) is 30.1 Å². The first kappa shape index (κ1) is 29.2. The van der Waals surface area contributed by atoms with Gasteiger partial charge in [0.15, 0.2) is 10.9 Å². The number of halogens is 2. The number of nitriles is 1. The van der Waals surface area contributed by atoms with Crippen molar-refractivity contribution in [3.8, 4) is 17.3 Å². The second-order valence-corrected chi connectivity index (χ2v) is 14.0. The number of nitrogens with zero attached hydrogens (tertiary/aromatic N) is 7. The van der Waals surface area contributed by atoms with Gasteiger partial charge in [-0.1, -0.05) is 11.3 Å². The van der Waals surface area contributed by atoms with E-state index in [-0.39, 0.29) is 28.8 Å². The summed E-state index contributed by atoms with van der Waals surface area (Å²) in [4.78, 5) is 30.1. The average Bonchev–Trinajstić information content (AvgIpc) is 3.58. The molecule has 3 saturated heterocycles. The second-order valence-electron chi connectivity index (χ2n) is 13.0. The van der Waals surface area contributed by atoms with Gasteiger partial charge in [-0.25, -0.2) is 18.7 Å². The van der Waals surface area contributed by atoms with Gasteiger partial charge in [0.1, 0.15) is 28.0 Å². The van der Waals surface area contributed by atoms with E-state index in [1.54, 1.807) is 12.1 Å². The summed E-state index contributed by atoms with van der Waals surface area (Å²) in [6.45, 7) is 4.14. The van der Waals surface area contributed by atoms with Gasteiger partial charge in [-0.05, 0) is 49.2 Å². The summed E-state index contributed by atoms with van der Waals surface area (Å²) in [7, 11) is 1.82. The number of β-amino-alcohol motifs (C(OH)–C–C–N with tert-alkyl or cyclic N) is 1. The topological polar surface area (TPSA) is 120 Å². The Morgan fingerprint density at radius 3 is 2.57 bits per heavy atom. The standard InChI is InChI=1S/C33H31F2N7O3S/c1-39(32-38-28(26(10-36)46-32)18-2-4-19(34)5-3-18)31-22-6-7-25(44)30(22)37-29-23(31)8-20(9-24(29)35)41-14-33(15-41)16-42(17-33)27(45)13-40-11-21(43)12-40/h2-5,8-9,21,25,43-44H,6-7,11-17H2,1H3. The smallest absolute Gasteiger partial charge is 0.236 e. The van der Waals surface area contributed by atoms with Crippen molar-refractivity contribution >= 4 is 44.7 Å². The van der Waals surface area contributed by atoms with E-state index in [1.807, 2.05) is 27.8 Å². The van der Waals surface area contributed by atoms with Crippen molar-refractivity contribution in [1.29, 1.82) is 5.26 Å². The molecule has 46 heavy (non-hydrogen) atoms. The van der Waals surface area contributed by atoms with Crippen LogP contribution in [0.2, 0.25) is 0 Å². The number of amides is 1. The third kappa shape index (κ3) is 4.70. The maximum Gasteiger partial charge on any atom is 0.236 e. The summed E-state index contributed by atoms with van der Waals surface area (Å²) < 4.78 is 29.5. The molecule has 1 unspecified atom stereocenters. The van der Waals surface area contributed by atoms with Crippen LogP contribution in [0.3, 0.4) is 0 Å². The quantitative estimate of drug-likeness (QED) is 0.325. The van der Waals surface area contributed by atoms with Gasteiger partial charge < -0.3 is 24.9 Å². The summed E-state index contributed by atoms with van der Waals surface area (Å²) in [6, 6.07) is 11.4. The molecule has 8 rings (SSSR count). The molecule has 3 aliphatic heterocycles. The van der Waals surface area contributed by atoms with Gasteiger partial charge in [0, 0.05) is 73.9 Å². The molecule has 2 N–H and O–H groups in total. The highest BCUT2D eigenvalue weighted by molar-refractivity contribution is 7.16. The molecular formula is C33H31F2N7O3S. The molecule has 5 heterocycles. The molecule has 0 radical (unpaired) electrons. The van der Waals surface area contributed by atoms with Gasteiger partial charge in [0.2, 0.25) is 5.91 Å². The molecular weight excluding hydrogens is 612 g/mol. The fraction of sp³-hybridized carbons (Fsp3) is 0.394. The van der Waals surface area contributed by atoms with Gasteiger partial charge in [0.25, 0.3) is 0 Å². The number of anilines is 3. The third-order valence-corrected chi connectivity index (χ3v) is 10.7. The zero-order valence-electron chi connectivity index (χ0n) is 25.1. The summed E-state index contributed by atoms with van der Waals surface area (Å²) in [5.74, 6) is -0.798. The van der Waals surface area contributed by atoms with E-state index >= 15 is 4.39 Å². The van der Waals surface area contributed by atoms with Crippen LogP contribution in [-0.2, 0) is 11.2 Å². The molecule has 1 spiro atoms. The maximum absolute atomic E-state index is 15.9. The van der Waals surface area contributed by atoms with Gasteiger partial charge >= 0.3 is 0 Å². The average molecular weight is 644 g/mol. The van der Waals surface area contributed by atoms with Crippen LogP contribution in [0.4, 0.5) is 25.3 Å². The lowest BCUT2D eigenvalue weighted by molar-refractivity contribution is -0.148. The molecule has 4 aliphatic rings. The number of aliphatic hydroxyl groups excluding tert-OH is 2. The van der Waals surface area contributed by atoms with Crippen molar-refractivity contribution in [3.05, 3.63) is 64.2 Å². The van der Waals surface area contributed by atoms with Crippen molar-refractivity contribution in [3.63, 3.8) is 0 Å². The summed E-state index contributed by atoms with van der Waals surface area (Å²) in [6.07, 6.45) is -0.121. The first-order valence-electron chi connectivity index (χ1n) is 15.3. The number of likely N-dealkylation sites (tertiary alicyclic amines) is 2. The lowest BCUT2D eigenvalue weighted by Crippen LogP contribution is -2.74. The highest BCUT2D eigenvalue weighted by Crippen LogP contribution is 2.47. The van der Waals surface area contributed by atoms with Gasteiger partial charge in [-0.3, -0.25) is 9.69 Å². The Kier molecular flexibility index (Phi) is 6.77. The minimum atomic E-state index is -0.808. The first-order valence-corrected chi connectivity index (χ1v) is 16.1. The van der Waals surface area contributed by atoms with Crippen LogP contribution in [0.15, 0.2) is 36.4 Å². The van der Waals surface area contributed by atoms with Crippen molar-refractivity contribution in [2.45, 2.75) is 25.0 Å². The monoisotopic (exact) mass is 643 g/mol. The normalized spacial score (nSPS) is 20.3. The number of thiazole rings is 1. The van der Waals surface area contributed by atoms with Crippen LogP contribution in [0.5, 0.6) is 0 Å². The molecule has 1 aliphatic carbocycles. The van der Waals surface area contributed by atoms with Crippen LogP contribution in [-0.4, -0.2) is 94.9 Å². The number of hydrogen-bond donors (Lipinski definition) is 2. The molecule has 236 valence electrons. The van der Waals surface area contributed by atoms with E-state index in [2.05, 4.69) is 16.0 Å². The number of pyridine rings is 1.